The average molecular weight is 483 g/mol. The first kappa shape index (κ1) is 22.0. The minimum atomic E-state index is 0.759. The molecular weight excluding hydrogens is 446 g/mol. The maximum absolute atomic E-state index is 3.78. The fraction of sp³-hybridized carbons (Fsp3) is 0.389. The summed E-state index contributed by atoms with van der Waals surface area (Å²) in [6, 6.07) is 23.0. The molecule has 2 fully saturated rings. The Balaban J connectivity index is 1.34. The maximum atomic E-state index is 3.78. The van der Waals surface area contributed by atoms with Gasteiger partial charge < -0.3 is 4.90 Å². The lowest BCUT2D eigenvalue weighted by Gasteiger charge is -2.38. The number of nitrogens with zero attached hydrogens (tertiary/aromatic N) is 1. The van der Waals surface area contributed by atoms with Crippen molar-refractivity contribution in [2.45, 2.75) is 70.3 Å². The van der Waals surface area contributed by atoms with Crippen LogP contribution in [0.25, 0.3) is 17.7 Å². The van der Waals surface area contributed by atoms with E-state index in [1.165, 1.54) is 88.9 Å². The molecule has 1 heterocycles. The molecule has 8 rings (SSSR count). The molecule has 5 aliphatic rings. The third kappa shape index (κ3) is 3.57. The van der Waals surface area contributed by atoms with Crippen molar-refractivity contribution in [1.29, 1.82) is 0 Å². The van der Waals surface area contributed by atoms with Crippen molar-refractivity contribution in [3.05, 3.63) is 109 Å². The van der Waals surface area contributed by atoms with Crippen LogP contribution in [0, 0.1) is 28.3 Å². The van der Waals surface area contributed by atoms with E-state index in [1.54, 1.807) is 16.7 Å². The zero-order chi connectivity index (χ0) is 24.3. The first-order valence-electron chi connectivity index (χ1n) is 14.7. The van der Waals surface area contributed by atoms with Crippen molar-refractivity contribution in [3.8, 4) is 0 Å². The Morgan fingerprint density at radius 3 is 2.49 bits per heavy atom. The summed E-state index contributed by atoms with van der Waals surface area (Å²) in [6.07, 6.45) is 20.4. The van der Waals surface area contributed by atoms with Crippen LogP contribution in [0.15, 0.2) is 54.7 Å². The van der Waals surface area contributed by atoms with E-state index in [4.69, 9.17) is 0 Å². The van der Waals surface area contributed by atoms with Gasteiger partial charge in [-0.15, -0.1) is 0 Å². The molecule has 185 valence electrons. The topological polar surface area (TPSA) is 3.24 Å². The Morgan fingerprint density at radius 2 is 1.65 bits per heavy atom. The van der Waals surface area contributed by atoms with Crippen LogP contribution in [0.4, 0.5) is 0 Å². The minimum Gasteiger partial charge on any atom is -0.374 e. The molecule has 1 aliphatic heterocycles. The van der Waals surface area contributed by atoms with Gasteiger partial charge in [-0.05, 0) is 129 Å². The first-order chi connectivity index (χ1) is 18.3. The lowest BCUT2D eigenvalue weighted by molar-refractivity contribution is 0.187. The molecule has 1 atom stereocenters. The SMILES string of the molecule is [c]1ccc2c(c1C1=c3ccc4c(c3CC(C3CCC3)C1)CC=c1ccccc1=4)C=CN(C1CCC1)CC2. The van der Waals surface area contributed by atoms with Crippen LogP contribution in [-0.2, 0) is 19.3 Å². The van der Waals surface area contributed by atoms with Gasteiger partial charge in [0, 0.05) is 12.6 Å². The second-order valence-corrected chi connectivity index (χ2v) is 12.1. The van der Waals surface area contributed by atoms with Crippen LogP contribution in [0.1, 0.15) is 72.8 Å². The summed E-state index contributed by atoms with van der Waals surface area (Å²) in [7, 11) is 0. The molecule has 1 heteroatoms. The molecule has 1 nitrogen and oxygen atoms in total. The van der Waals surface area contributed by atoms with E-state index in [0.717, 1.165) is 37.3 Å². The normalized spacial score (nSPS) is 22.5. The van der Waals surface area contributed by atoms with Crippen LogP contribution in [0.5, 0.6) is 0 Å². The van der Waals surface area contributed by atoms with Gasteiger partial charge in [-0.2, -0.15) is 0 Å². The summed E-state index contributed by atoms with van der Waals surface area (Å²) >= 11 is 0. The molecule has 0 amide bonds. The summed E-state index contributed by atoms with van der Waals surface area (Å²) in [5, 5.41) is 5.80. The van der Waals surface area contributed by atoms with Gasteiger partial charge in [0.15, 0.2) is 0 Å². The fourth-order valence-corrected chi connectivity index (χ4v) is 7.74. The molecule has 0 saturated heterocycles. The largest absolute Gasteiger partial charge is 0.374 e. The summed E-state index contributed by atoms with van der Waals surface area (Å²) < 4.78 is 0. The van der Waals surface area contributed by atoms with E-state index in [-0.39, 0.29) is 0 Å². The fourth-order valence-electron chi connectivity index (χ4n) is 7.74. The van der Waals surface area contributed by atoms with Crippen LogP contribution >= 0.6 is 0 Å². The number of hydrogen-bond acceptors (Lipinski definition) is 1. The zero-order valence-electron chi connectivity index (χ0n) is 21.8. The lowest BCUT2D eigenvalue weighted by atomic mass is 9.67. The van der Waals surface area contributed by atoms with Crippen LogP contribution < -0.4 is 10.4 Å². The van der Waals surface area contributed by atoms with Gasteiger partial charge in [0.1, 0.15) is 0 Å². The van der Waals surface area contributed by atoms with Crippen molar-refractivity contribution in [2.75, 3.05) is 6.54 Å². The van der Waals surface area contributed by atoms with Crippen molar-refractivity contribution in [1.82, 2.24) is 4.90 Å². The average Bonchev–Trinajstić information content (AvgIpc) is 3.09. The van der Waals surface area contributed by atoms with Gasteiger partial charge in [-0.25, -0.2) is 0 Å². The zero-order valence-corrected chi connectivity index (χ0v) is 21.8. The summed E-state index contributed by atoms with van der Waals surface area (Å²) in [5.74, 6) is 1.66. The van der Waals surface area contributed by atoms with Gasteiger partial charge in [-0.1, -0.05) is 73.9 Å². The van der Waals surface area contributed by atoms with Gasteiger partial charge in [0.25, 0.3) is 0 Å². The number of benzene rings is 3. The number of rotatable bonds is 3. The highest BCUT2D eigenvalue weighted by molar-refractivity contribution is 5.77. The second kappa shape index (κ2) is 8.76. The second-order valence-electron chi connectivity index (χ2n) is 12.1. The predicted molar refractivity (Wildman–Crippen MR) is 152 cm³/mol. The monoisotopic (exact) mass is 482 g/mol. The van der Waals surface area contributed by atoms with Crippen LogP contribution in [0.3, 0.4) is 0 Å². The van der Waals surface area contributed by atoms with E-state index in [1.807, 2.05) is 0 Å². The third-order valence-corrected chi connectivity index (χ3v) is 10.3. The quantitative estimate of drug-likeness (QED) is 0.439. The lowest BCUT2D eigenvalue weighted by Crippen LogP contribution is -2.37. The molecule has 3 aromatic rings. The summed E-state index contributed by atoms with van der Waals surface area (Å²) in [6.45, 7) is 1.15. The Labute approximate surface area is 220 Å². The van der Waals surface area contributed by atoms with Crippen molar-refractivity contribution < 1.29 is 0 Å². The molecule has 0 N–H and O–H groups in total. The first-order valence-corrected chi connectivity index (χ1v) is 14.7. The van der Waals surface area contributed by atoms with Gasteiger partial charge in [0.05, 0.1) is 0 Å². The minimum absolute atomic E-state index is 0.759. The number of fused-ring (bicyclic) bond motifs is 5. The molecule has 1 unspecified atom stereocenters. The van der Waals surface area contributed by atoms with Gasteiger partial charge in [-0.3, -0.25) is 0 Å². The van der Waals surface area contributed by atoms with Crippen molar-refractivity contribution >= 4 is 17.7 Å². The highest BCUT2D eigenvalue weighted by atomic mass is 15.1. The Hall–Kier alpha value is -3.06. The van der Waals surface area contributed by atoms with Gasteiger partial charge in [0.2, 0.25) is 0 Å². The Bertz CT molecular complexity index is 1630. The van der Waals surface area contributed by atoms with Gasteiger partial charge >= 0.3 is 0 Å². The van der Waals surface area contributed by atoms with E-state index in [2.05, 4.69) is 77.8 Å². The van der Waals surface area contributed by atoms with Crippen LogP contribution in [0.2, 0.25) is 0 Å². The Morgan fingerprint density at radius 1 is 0.784 bits per heavy atom. The predicted octanol–water partition coefficient (Wildman–Crippen LogP) is 6.05. The smallest absolute Gasteiger partial charge is 0.0284 e. The van der Waals surface area contributed by atoms with Crippen molar-refractivity contribution in [3.63, 3.8) is 0 Å². The molecule has 0 bridgehead atoms. The summed E-state index contributed by atoms with van der Waals surface area (Å²) in [5.41, 5.74) is 9.13. The van der Waals surface area contributed by atoms with Crippen molar-refractivity contribution in [2.24, 2.45) is 11.8 Å². The standard InChI is InChI=1S/C36H36N/c1-2-12-29-25(6-1)14-15-33-32(29)16-17-34-35(22-27(23-36(33)34)24-7-3-8-24)31-13-4-9-26-18-20-37(21-19-30(26)31)28-10-5-11-28/h1-2,4,6,9,12,14,16-17,19,21,24,27-28H,3,5,7-8,10-11,15,18,20,22-23H2. The molecule has 1 radical (unpaired) electrons. The molecule has 37 heavy (non-hydrogen) atoms. The Kier molecular flexibility index (Phi) is 5.20. The number of hydrogen-bond donors (Lipinski definition) is 0. The maximum Gasteiger partial charge on any atom is 0.0284 e. The van der Waals surface area contributed by atoms with Crippen LogP contribution in [-0.4, -0.2) is 17.5 Å². The molecule has 0 spiro atoms. The van der Waals surface area contributed by atoms with E-state index < -0.39 is 0 Å². The third-order valence-electron chi connectivity index (χ3n) is 10.3. The highest BCUT2D eigenvalue weighted by Gasteiger charge is 2.33. The van der Waals surface area contributed by atoms with E-state index in [9.17, 15) is 0 Å². The van der Waals surface area contributed by atoms with E-state index in [0.29, 0.717) is 0 Å². The molecule has 0 aromatic heterocycles. The summed E-state index contributed by atoms with van der Waals surface area (Å²) in [4.78, 5) is 2.62. The van der Waals surface area contributed by atoms with E-state index >= 15 is 0 Å². The highest BCUT2D eigenvalue weighted by Crippen LogP contribution is 2.42. The molecule has 3 aromatic carbocycles. The molecule has 4 aliphatic carbocycles. The molecular formula is C36H36N. The molecule has 2 saturated carbocycles.